The van der Waals surface area contributed by atoms with Crippen molar-refractivity contribution >= 4 is 74.5 Å². The molecule has 0 fully saturated rings. The molecule has 0 radical (unpaired) electrons. The number of ketones is 1. The van der Waals surface area contributed by atoms with E-state index in [1.165, 1.54) is 24.3 Å². The fourth-order valence-corrected chi connectivity index (χ4v) is 6.88. The van der Waals surface area contributed by atoms with Crippen molar-refractivity contribution < 1.29 is 72.0 Å². The maximum Gasteiger partial charge on any atom is 0.336 e. The number of nitrogens with two attached hydrogens (primary N) is 2. The number of rotatable bonds is 14. The number of carbonyl (C=O) groups is 9. The van der Waals surface area contributed by atoms with Gasteiger partial charge >= 0.3 is 23.9 Å². The van der Waals surface area contributed by atoms with Gasteiger partial charge in [-0.25, -0.2) is 27.6 Å². The lowest BCUT2D eigenvalue weighted by molar-refractivity contribution is 0.0677. The summed E-state index contributed by atoms with van der Waals surface area (Å²) in [5.74, 6) is -11.6. The summed E-state index contributed by atoms with van der Waals surface area (Å²) in [5.41, 5.74) is 5.44. The second kappa shape index (κ2) is 16.3. The van der Waals surface area contributed by atoms with E-state index in [1.807, 2.05) is 0 Å². The third-order valence-electron chi connectivity index (χ3n) is 8.51. The maximum absolute atomic E-state index is 13.4. The van der Waals surface area contributed by atoms with Crippen LogP contribution in [0.5, 0.6) is 0 Å². The molecular formula is C39H26N4O15S. The third kappa shape index (κ3) is 8.66. The number of sulfone groups is 1. The van der Waals surface area contributed by atoms with E-state index >= 15 is 0 Å². The molecule has 10 N–H and O–H groups in total. The van der Waals surface area contributed by atoms with Gasteiger partial charge in [-0.15, -0.1) is 0 Å². The minimum absolute atomic E-state index is 0.00653. The normalized spacial score (nSPS) is 10.8. The van der Waals surface area contributed by atoms with Gasteiger partial charge in [0.25, 0.3) is 11.8 Å². The Morgan fingerprint density at radius 2 is 0.729 bits per heavy atom. The van der Waals surface area contributed by atoms with Gasteiger partial charge in [0.2, 0.25) is 21.7 Å². The Morgan fingerprint density at radius 3 is 1.12 bits per heavy atom. The zero-order valence-corrected chi connectivity index (χ0v) is 30.4. The van der Waals surface area contributed by atoms with Crippen LogP contribution in [0.4, 0.5) is 11.4 Å². The van der Waals surface area contributed by atoms with Gasteiger partial charge in [0.05, 0.1) is 54.3 Å². The number of carboxylic acids is 4. The Labute approximate surface area is 330 Å². The van der Waals surface area contributed by atoms with E-state index in [0.717, 1.165) is 60.7 Å². The molecule has 0 aliphatic carbocycles. The molecule has 298 valence electrons. The molecule has 5 rings (SSSR count). The van der Waals surface area contributed by atoms with Crippen LogP contribution in [0.2, 0.25) is 0 Å². The molecule has 0 aliphatic heterocycles. The van der Waals surface area contributed by atoms with Gasteiger partial charge in [0.1, 0.15) is 0 Å². The number of anilines is 2. The molecule has 20 heteroatoms. The summed E-state index contributed by atoms with van der Waals surface area (Å²) in [5, 5.41) is 42.7. The summed E-state index contributed by atoms with van der Waals surface area (Å²) in [6, 6.07) is 16.6. The smallest absolute Gasteiger partial charge is 0.336 e. The van der Waals surface area contributed by atoms with E-state index in [2.05, 4.69) is 10.6 Å². The third-order valence-corrected chi connectivity index (χ3v) is 10.3. The molecule has 59 heavy (non-hydrogen) atoms. The standard InChI is InChI=1S/C39H26N4O15S/c40-32(45)25-13-17(1-11-23(25)36(49)50)31(44)18-2-12-24(37(51)52)27(14-18)34(47)42-19-3-7-21(8-4-19)59(57,58)22-9-5-20(6-10-22)43-35(48)28-15-26(33(41)46)29(38(53)54)16-30(28)39(55)56/h1-16H,(H2,40,45)(H2,41,46)(H,42,47)(H,43,48)(H,49,50)(H,51,52)(H,53,54)(H,55,56). The van der Waals surface area contributed by atoms with Crippen molar-refractivity contribution in [2.24, 2.45) is 11.5 Å². The first kappa shape index (κ1) is 41.6. The van der Waals surface area contributed by atoms with Crippen molar-refractivity contribution in [3.05, 3.63) is 153 Å². The molecule has 0 saturated heterocycles. The van der Waals surface area contributed by atoms with Crippen molar-refractivity contribution in [1.29, 1.82) is 0 Å². The van der Waals surface area contributed by atoms with Gasteiger partial charge in [-0.3, -0.25) is 24.0 Å². The predicted molar refractivity (Wildman–Crippen MR) is 202 cm³/mol. The predicted octanol–water partition coefficient (Wildman–Crippen LogP) is 3.25. The molecule has 0 spiro atoms. The van der Waals surface area contributed by atoms with Crippen molar-refractivity contribution in [2.45, 2.75) is 9.79 Å². The van der Waals surface area contributed by atoms with Crippen LogP contribution in [0.1, 0.15) is 98.8 Å². The molecular weight excluding hydrogens is 797 g/mol. The average Bonchev–Trinajstić information content (AvgIpc) is 3.19. The molecule has 0 unspecified atom stereocenters. The monoisotopic (exact) mass is 822 g/mol. The second-order valence-electron chi connectivity index (χ2n) is 12.2. The molecule has 0 heterocycles. The SMILES string of the molecule is NC(=O)c1cc(C(=O)c2ccc(C(=O)O)c(C(=O)Nc3ccc(S(=O)(=O)c4ccc(NC(=O)c5cc(C(N)=O)c(C(=O)O)cc5C(=O)O)cc4)cc3)c2)ccc1C(=O)O. The van der Waals surface area contributed by atoms with Crippen molar-refractivity contribution in [3.63, 3.8) is 0 Å². The minimum atomic E-state index is -4.24. The Hall–Kier alpha value is -8.52. The number of carboxylic acid groups (broad SMARTS) is 4. The van der Waals surface area contributed by atoms with Gasteiger partial charge in [-0.1, -0.05) is 12.1 Å². The first-order chi connectivity index (χ1) is 27.7. The molecule has 5 aromatic carbocycles. The van der Waals surface area contributed by atoms with Crippen LogP contribution in [-0.4, -0.2) is 82.1 Å². The van der Waals surface area contributed by atoms with Gasteiger partial charge in [-0.2, -0.15) is 0 Å². The Balaban J connectivity index is 1.34. The topological polar surface area (TPSA) is 345 Å². The van der Waals surface area contributed by atoms with Crippen LogP contribution in [0, 0.1) is 0 Å². The minimum Gasteiger partial charge on any atom is -0.478 e. The van der Waals surface area contributed by atoms with Crippen LogP contribution in [0.25, 0.3) is 0 Å². The summed E-state index contributed by atoms with van der Waals surface area (Å²) in [7, 11) is -4.24. The number of hydrogen-bond acceptors (Lipinski definition) is 11. The lowest BCUT2D eigenvalue weighted by atomic mass is 9.95. The number of benzene rings is 5. The van der Waals surface area contributed by atoms with Crippen LogP contribution in [0.3, 0.4) is 0 Å². The number of amides is 4. The Kier molecular flexibility index (Phi) is 11.5. The average molecular weight is 823 g/mol. The fourth-order valence-electron chi connectivity index (χ4n) is 5.62. The highest BCUT2D eigenvalue weighted by molar-refractivity contribution is 7.91. The van der Waals surface area contributed by atoms with Crippen molar-refractivity contribution in [3.8, 4) is 0 Å². The van der Waals surface area contributed by atoms with Crippen LogP contribution in [-0.2, 0) is 9.84 Å². The molecule has 0 aliphatic rings. The zero-order chi connectivity index (χ0) is 43.5. The number of primary amides is 2. The quantitative estimate of drug-likeness (QED) is 0.0745. The molecule has 0 atom stereocenters. The highest BCUT2D eigenvalue weighted by atomic mass is 32.2. The Bertz CT molecular complexity index is 2800. The summed E-state index contributed by atoms with van der Waals surface area (Å²) in [6.07, 6.45) is 0. The second-order valence-corrected chi connectivity index (χ2v) is 14.2. The van der Waals surface area contributed by atoms with Gasteiger partial charge in [0.15, 0.2) is 5.78 Å². The first-order valence-corrected chi connectivity index (χ1v) is 17.8. The first-order valence-electron chi connectivity index (χ1n) is 16.3. The fraction of sp³-hybridized carbons (Fsp3) is 0. The van der Waals surface area contributed by atoms with E-state index in [0.29, 0.717) is 12.1 Å². The van der Waals surface area contributed by atoms with Gasteiger partial charge in [0, 0.05) is 22.5 Å². The summed E-state index contributed by atoms with van der Waals surface area (Å²) >= 11 is 0. The summed E-state index contributed by atoms with van der Waals surface area (Å²) in [6.45, 7) is 0. The number of hydrogen-bond donors (Lipinski definition) is 8. The highest BCUT2D eigenvalue weighted by Crippen LogP contribution is 2.26. The van der Waals surface area contributed by atoms with E-state index in [1.54, 1.807) is 0 Å². The molecule has 0 bridgehead atoms. The van der Waals surface area contributed by atoms with Gasteiger partial charge in [-0.05, 0) is 84.9 Å². The van der Waals surface area contributed by atoms with E-state index in [4.69, 9.17) is 11.5 Å². The van der Waals surface area contributed by atoms with Gasteiger partial charge < -0.3 is 42.5 Å². The molecule has 4 amide bonds. The largest absolute Gasteiger partial charge is 0.478 e. The van der Waals surface area contributed by atoms with E-state index < -0.39 is 108 Å². The number of carbonyl (C=O) groups excluding carboxylic acids is 5. The van der Waals surface area contributed by atoms with Crippen LogP contribution in [0.15, 0.2) is 107 Å². The molecule has 19 nitrogen and oxygen atoms in total. The van der Waals surface area contributed by atoms with E-state index in [9.17, 15) is 72.0 Å². The maximum atomic E-state index is 13.4. The summed E-state index contributed by atoms with van der Waals surface area (Å²) in [4.78, 5) is 109. The molecule has 0 aromatic heterocycles. The van der Waals surface area contributed by atoms with Crippen molar-refractivity contribution in [2.75, 3.05) is 10.6 Å². The lowest BCUT2D eigenvalue weighted by Crippen LogP contribution is -2.22. The number of aromatic carboxylic acids is 4. The Morgan fingerprint density at radius 1 is 0.407 bits per heavy atom. The molecule has 0 saturated carbocycles. The number of nitrogens with one attached hydrogen (secondary N) is 2. The van der Waals surface area contributed by atoms with Crippen LogP contribution >= 0.6 is 0 Å². The zero-order valence-electron chi connectivity index (χ0n) is 29.6. The summed E-state index contributed by atoms with van der Waals surface area (Å²) < 4.78 is 26.8. The highest BCUT2D eigenvalue weighted by Gasteiger charge is 2.26. The van der Waals surface area contributed by atoms with Crippen molar-refractivity contribution in [1.82, 2.24) is 0 Å². The van der Waals surface area contributed by atoms with Crippen LogP contribution < -0.4 is 22.1 Å². The lowest BCUT2D eigenvalue weighted by Gasteiger charge is -2.12. The van der Waals surface area contributed by atoms with E-state index in [-0.39, 0.29) is 32.3 Å². The molecule has 5 aromatic rings.